The number of hydrogen-bond donors (Lipinski definition) is 2. The Morgan fingerprint density at radius 2 is 1.88 bits per heavy atom. The molecule has 0 bridgehead atoms. The van der Waals surface area contributed by atoms with Crippen LogP contribution in [0.4, 0.5) is 11.4 Å². The van der Waals surface area contributed by atoms with Gasteiger partial charge in [0, 0.05) is 6.20 Å². The predicted octanol–water partition coefficient (Wildman–Crippen LogP) is 4.20. The summed E-state index contributed by atoms with van der Waals surface area (Å²) in [5.41, 5.74) is 1.03. The van der Waals surface area contributed by atoms with Gasteiger partial charge in [0.2, 0.25) is 0 Å². The van der Waals surface area contributed by atoms with Crippen molar-refractivity contribution in [3.63, 3.8) is 0 Å². The zero-order valence-corrected chi connectivity index (χ0v) is 13.8. The molecule has 0 spiro atoms. The van der Waals surface area contributed by atoms with Crippen molar-refractivity contribution >= 4 is 28.9 Å². The van der Waals surface area contributed by atoms with E-state index in [2.05, 4.69) is 10.6 Å². The number of carbonyl (C=O) groups excluding carboxylic acids is 1. The molecule has 6 heteroatoms. The molecule has 0 saturated heterocycles. The molecule has 24 heavy (non-hydrogen) atoms. The van der Waals surface area contributed by atoms with Crippen molar-refractivity contribution in [1.82, 2.24) is 0 Å². The van der Waals surface area contributed by atoms with Crippen LogP contribution in [-0.4, -0.2) is 12.5 Å². The van der Waals surface area contributed by atoms with Crippen LogP contribution in [-0.2, 0) is 4.79 Å². The second-order valence-corrected chi connectivity index (χ2v) is 5.08. The van der Waals surface area contributed by atoms with Crippen LogP contribution in [0.3, 0.4) is 0 Å². The fraction of sp³-hybridized carbons (Fsp3) is 0.111. The van der Waals surface area contributed by atoms with Gasteiger partial charge in [0.25, 0.3) is 5.91 Å². The van der Waals surface area contributed by atoms with E-state index in [4.69, 9.17) is 16.3 Å². The molecular weight excluding hydrogens is 326 g/mol. The second kappa shape index (κ2) is 8.61. The first-order chi connectivity index (χ1) is 11.7. The zero-order chi connectivity index (χ0) is 17.4. The minimum atomic E-state index is -0.549. The summed E-state index contributed by atoms with van der Waals surface area (Å²) in [6.07, 6.45) is 1.34. The molecule has 0 fully saturated rings. The van der Waals surface area contributed by atoms with E-state index in [1.807, 2.05) is 25.1 Å². The van der Waals surface area contributed by atoms with Crippen molar-refractivity contribution in [2.24, 2.45) is 0 Å². The smallest absolute Gasteiger partial charge is 0.267 e. The molecule has 0 saturated carbocycles. The van der Waals surface area contributed by atoms with Crippen molar-refractivity contribution in [2.75, 3.05) is 17.2 Å². The zero-order valence-electron chi connectivity index (χ0n) is 13.0. The number of benzene rings is 2. The van der Waals surface area contributed by atoms with Gasteiger partial charge >= 0.3 is 0 Å². The topological polar surface area (TPSA) is 74.1 Å². The van der Waals surface area contributed by atoms with Gasteiger partial charge in [0.15, 0.2) is 0 Å². The molecule has 0 aliphatic rings. The van der Waals surface area contributed by atoms with Gasteiger partial charge in [-0.2, -0.15) is 5.26 Å². The largest absolute Gasteiger partial charge is 0.492 e. The lowest BCUT2D eigenvalue weighted by atomic mass is 10.2. The highest BCUT2D eigenvalue weighted by Crippen LogP contribution is 2.24. The minimum Gasteiger partial charge on any atom is -0.492 e. The minimum absolute atomic E-state index is 0.0822. The molecule has 1 amide bonds. The number of ether oxygens (including phenoxy) is 1. The number of anilines is 2. The van der Waals surface area contributed by atoms with E-state index in [-0.39, 0.29) is 5.57 Å². The number of halogens is 1. The number of nitrogens with one attached hydrogen (secondary N) is 2. The van der Waals surface area contributed by atoms with E-state index in [0.29, 0.717) is 28.8 Å². The number of para-hydroxylation sites is 3. The summed E-state index contributed by atoms with van der Waals surface area (Å²) in [5, 5.41) is 15.1. The molecule has 0 atom stereocenters. The standard InChI is InChI=1S/C18H16ClN3O2/c1-2-24-17-10-6-5-9-16(17)21-12-13(11-20)18(23)22-15-8-4-3-7-14(15)19/h3-10,12,21H,2H2,1H3,(H,22,23)/b13-12-. The van der Waals surface area contributed by atoms with Gasteiger partial charge < -0.3 is 15.4 Å². The Kier molecular flexibility index (Phi) is 6.23. The van der Waals surface area contributed by atoms with Crippen LogP contribution in [0.2, 0.25) is 5.02 Å². The third kappa shape index (κ3) is 4.51. The SMILES string of the molecule is CCOc1ccccc1N/C=C(/C#N)C(=O)Nc1ccccc1Cl. The van der Waals surface area contributed by atoms with Crippen LogP contribution >= 0.6 is 11.6 Å². The maximum atomic E-state index is 12.2. The van der Waals surface area contributed by atoms with Gasteiger partial charge in [-0.1, -0.05) is 35.9 Å². The van der Waals surface area contributed by atoms with Crippen LogP contribution in [0.15, 0.2) is 60.3 Å². The highest BCUT2D eigenvalue weighted by molar-refractivity contribution is 6.33. The summed E-state index contributed by atoms with van der Waals surface area (Å²) < 4.78 is 5.48. The molecule has 2 aromatic rings. The number of rotatable bonds is 6. The van der Waals surface area contributed by atoms with Crippen molar-refractivity contribution in [3.05, 3.63) is 65.3 Å². The van der Waals surface area contributed by atoms with Gasteiger partial charge in [-0.15, -0.1) is 0 Å². The number of nitriles is 1. The summed E-state index contributed by atoms with van der Waals surface area (Å²) in [4.78, 5) is 12.2. The fourth-order valence-corrected chi connectivity index (χ4v) is 2.10. The van der Waals surface area contributed by atoms with Gasteiger partial charge in [0.1, 0.15) is 17.4 Å². The summed E-state index contributed by atoms with van der Waals surface area (Å²) >= 11 is 6.00. The fourth-order valence-electron chi connectivity index (χ4n) is 1.92. The first-order valence-corrected chi connectivity index (χ1v) is 7.68. The maximum Gasteiger partial charge on any atom is 0.267 e. The lowest BCUT2D eigenvalue weighted by molar-refractivity contribution is -0.112. The molecule has 0 aliphatic carbocycles. The Bertz CT molecular complexity index is 797. The molecule has 0 radical (unpaired) electrons. The van der Waals surface area contributed by atoms with Gasteiger partial charge in [-0.3, -0.25) is 4.79 Å². The normalized spacial score (nSPS) is 10.6. The van der Waals surface area contributed by atoms with Gasteiger partial charge in [0.05, 0.1) is 23.0 Å². The highest BCUT2D eigenvalue weighted by Gasteiger charge is 2.11. The van der Waals surface area contributed by atoms with Crippen molar-refractivity contribution in [1.29, 1.82) is 5.26 Å². The lowest BCUT2D eigenvalue weighted by Crippen LogP contribution is -2.14. The molecule has 0 aromatic heterocycles. The Morgan fingerprint density at radius 1 is 1.21 bits per heavy atom. The Hall–Kier alpha value is -2.97. The molecule has 2 rings (SSSR count). The van der Waals surface area contributed by atoms with E-state index in [1.54, 1.807) is 36.4 Å². The molecule has 0 unspecified atom stereocenters. The molecule has 0 aliphatic heterocycles. The Balaban J connectivity index is 2.14. The van der Waals surface area contributed by atoms with Crippen molar-refractivity contribution in [2.45, 2.75) is 6.92 Å². The number of hydrogen-bond acceptors (Lipinski definition) is 4. The van der Waals surface area contributed by atoms with Crippen molar-refractivity contribution in [3.8, 4) is 11.8 Å². The first kappa shape index (κ1) is 17.4. The van der Waals surface area contributed by atoms with E-state index >= 15 is 0 Å². The predicted molar refractivity (Wildman–Crippen MR) is 95.0 cm³/mol. The second-order valence-electron chi connectivity index (χ2n) is 4.68. The van der Waals surface area contributed by atoms with Gasteiger partial charge in [-0.05, 0) is 31.2 Å². The highest BCUT2D eigenvalue weighted by atomic mass is 35.5. The number of nitrogens with zero attached hydrogens (tertiary/aromatic N) is 1. The number of carbonyl (C=O) groups is 1. The molecule has 122 valence electrons. The monoisotopic (exact) mass is 341 g/mol. The maximum absolute atomic E-state index is 12.2. The van der Waals surface area contributed by atoms with Crippen LogP contribution in [0, 0.1) is 11.3 Å². The average molecular weight is 342 g/mol. The summed E-state index contributed by atoms with van der Waals surface area (Å²) in [7, 11) is 0. The molecule has 0 heterocycles. The van der Waals surface area contributed by atoms with Gasteiger partial charge in [-0.25, -0.2) is 0 Å². The quantitative estimate of drug-likeness (QED) is 0.610. The third-order valence-electron chi connectivity index (χ3n) is 3.05. The Labute approximate surface area is 145 Å². The summed E-state index contributed by atoms with van der Waals surface area (Å²) in [6, 6.07) is 15.9. The molecule has 5 nitrogen and oxygen atoms in total. The molecular formula is C18H16ClN3O2. The van der Waals surface area contributed by atoms with E-state index in [1.165, 1.54) is 6.20 Å². The Morgan fingerprint density at radius 3 is 2.54 bits per heavy atom. The van der Waals surface area contributed by atoms with Crippen LogP contribution in [0.25, 0.3) is 0 Å². The first-order valence-electron chi connectivity index (χ1n) is 7.30. The lowest BCUT2D eigenvalue weighted by Gasteiger charge is -2.10. The molecule has 2 N–H and O–H groups in total. The summed E-state index contributed by atoms with van der Waals surface area (Å²) in [6.45, 7) is 2.39. The van der Waals surface area contributed by atoms with Crippen LogP contribution in [0.5, 0.6) is 5.75 Å². The molecule has 2 aromatic carbocycles. The van der Waals surface area contributed by atoms with Crippen LogP contribution < -0.4 is 15.4 Å². The summed E-state index contributed by atoms with van der Waals surface area (Å²) in [5.74, 6) is 0.0899. The van der Waals surface area contributed by atoms with E-state index in [0.717, 1.165) is 0 Å². The van der Waals surface area contributed by atoms with E-state index < -0.39 is 5.91 Å². The van der Waals surface area contributed by atoms with Crippen molar-refractivity contribution < 1.29 is 9.53 Å². The third-order valence-corrected chi connectivity index (χ3v) is 3.38. The van der Waals surface area contributed by atoms with E-state index in [9.17, 15) is 10.1 Å². The average Bonchev–Trinajstić information content (AvgIpc) is 2.59. The number of amides is 1. The van der Waals surface area contributed by atoms with Crippen LogP contribution in [0.1, 0.15) is 6.92 Å².